The number of unbranched alkanes of at least 4 members (excludes halogenated alkanes) is 13. The standard InChI is InChI=1S/C26H48NS.ClH/c1-4-5-6-7-8-9-10-11-12-13-14-15-16-20-23-27(2,3)24-25-28-26-21-18-17-19-22-26;/h17-19,21-22H,4-16,20,23-25H2,1-3H3;1H/q+1;/p-1. The van der Waals surface area contributed by atoms with Crippen molar-refractivity contribution in [1.82, 2.24) is 0 Å². The fourth-order valence-electron chi connectivity index (χ4n) is 3.77. The molecule has 170 valence electrons. The molecule has 0 aromatic heterocycles. The Morgan fingerprint density at radius 1 is 0.621 bits per heavy atom. The van der Waals surface area contributed by atoms with Crippen molar-refractivity contribution in [2.75, 3.05) is 32.9 Å². The summed E-state index contributed by atoms with van der Waals surface area (Å²) in [6, 6.07) is 10.8. The molecule has 0 amide bonds. The first kappa shape index (κ1) is 28.8. The maximum atomic E-state index is 2.40. The van der Waals surface area contributed by atoms with Crippen LogP contribution in [0.5, 0.6) is 0 Å². The van der Waals surface area contributed by atoms with Gasteiger partial charge in [-0.05, 0) is 25.0 Å². The van der Waals surface area contributed by atoms with E-state index in [-0.39, 0.29) is 12.4 Å². The van der Waals surface area contributed by atoms with E-state index in [2.05, 4.69) is 51.4 Å². The molecule has 1 rings (SSSR count). The van der Waals surface area contributed by atoms with Crippen LogP contribution in [0.1, 0.15) is 96.8 Å². The van der Waals surface area contributed by atoms with Crippen molar-refractivity contribution in [3.8, 4) is 0 Å². The highest BCUT2D eigenvalue weighted by molar-refractivity contribution is 7.99. The van der Waals surface area contributed by atoms with Gasteiger partial charge in [0.1, 0.15) is 0 Å². The Bertz CT molecular complexity index is 449. The van der Waals surface area contributed by atoms with Gasteiger partial charge in [0, 0.05) is 10.6 Å². The third kappa shape index (κ3) is 18.3. The Morgan fingerprint density at radius 2 is 1.07 bits per heavy atom. The number of hydrogen-bond acceptors (Lipinski definition) is 1. The number of thioether (sulfide) groups is 1. The van der Waals surface area contributed by atoms with Crippen molar-refractivity contribution in [3.63, 3.8) is 0 Å². The molecular formula is C26H48ClNS. The van der Waals surface area contributed by atoms with Gasteiger partial charge in [-0.25, -0.2) is 0 Å². The van der Waals surface area contributed by atoms with Crippen LogP contribution in [-0.4, -0.2) is 37.4 Å². The van der Waals surface area contributed by atoms with E-state index in [4.69, 9.17) is 0 Å². The van der Waals surface area contributed by atoms with Crippen molar-refractivity contribution in [3.05, 3.63) is 30.3 Å². The molecule has 0 N–H and O–H groups in total. The molecule has 0 aliphatic heterocycles. The summed E-state index contributed by atoms with van der Waals surface area (Å²) in [5, 5.41) is 0. The van der Waals surface area contributed by atoms with Crippen LogP contribution in [0.15, 0.2) is 35.2 Å². The van der Waals surface area contributed by atoms with E-state index in [1.807, 2.05) is 11.8 Å². The van der Waals surface area contributed by atoms with Crippen molar-refractivity contribution < 1.29 is 16.9 Å². The van der Waals surface area contributed by atoms with Crippen LogP contribution in [0, 0.1) is 0 Å². The van der Waals surface area contributed by atoms with Crippen LogP contribution in [0.2, 0.25) is 0 Å². The van der Waals surface area contributed by atoms with Gasteiger partial charge in [-0.1, -0.05) is 102 Å². The molecule has 0 saturated heterocycles. The smallest absolute Gasteiger partial charge is 0.0878 e. The minimum atomic E-state index is 0. The van der Waals surface area contributed by atoms with Crippen LogP contribution >= 0.6 is 11.8 Å². The molecule has 0 aliphatic carbocycles. The van der Waals surface area contributed by atoms with Gasteiger partial charge in [-0.3, -0.25) is 0 Å². The Balaban J connectivity index is 0.00000784. The number of nitrogens with zero attached hydrogens (tertiary/aromatic N) is 1. The molecule has 1 nitrogen and oxygen atoms in total. The number of quaternary nitrogens is 1. The largest absolute Gasteiger partial charge is 1.00 e. The zero-order valence-electron chi connectivity index (χ0n) is 19.6. The number of benzene rings is 1. The van der Waals surface area contributed by atoms with Crippen molar-refractivity contribution in [2.24, 2.45) is 0 Å². The Hall–Kier alpha value is -0.180. The zero-order chi connectivity index (χ0) is 20.3. The fourth-order valence-corrected chi connectivity index (χ4v) is 4.94. The Labute approximate surface area is 193 Å². The van der Waals surface area contributed by atoms with Gasteiger partial charge >= 0.3 is 0 Å². The van der Waals surface area contributed by atoms with E-state index in [0.29, 0.717) is 0 Å². The molecule has 1 aromatic rings. The van der Waals surface area contributed by atoms with Gasteiger partial charge in [0.15, 0.2) is 0 Å². The average molecular weight is 442 g/mol. The molecule has 29 heavy (non-hydrogen) atoms. The molecule has 0 radical (unpaired) electrons. The molecule has 0 spiro atoms. The van der Waals surface area contributed by atoms with Gasteiger partial charge in [-0.2, -0.15) is 0 Å². The van der Waals surface area contributed by atoms with Crippen LogP contribution in [0.3, 0.4) is 0 Å². The highest BCUT2D eigenvalue weighted by Crippen LogP contribution is 2.18. The summed E-state index contributed by atoms with van der Waals surface area (Å²) in [6.45, 7) is 4.89. The summed E-state index contributed by atoms with van der Waals surface area (Å²) in [4.78, 5) is 1.40. The normalized spacial score (nSPS) is 11.4. The molecule has 0 bridgehead atoms. The summed E-state index contributed by atoms with van der Waals surface area (Å²) >= 11 is 1.99. The summed E-state index contributed by atoms with van der Waals surface area (Å²) < 4.78 is 1.16. The average Bonchev–Trinajstić information content (AvgIpc) is 2.69. The minimum absolute atomic E-state index is 0. The first-order chi connectivity index (χ1) is 13.6. The third-order valence-electron chi connectivity index (χ3n) is 5.83. The molecule has 3 heteroatoms. The Kier molecular flexibility index (Phi) is 19.6. The van der Waals surface area contributed by atoms with Gasteiger partial charge in [0.25, 0.3) is 0 Å². The highest BCUT2D eigenvalue weighted by Gasteiger charge is 2.14. The SMILES string of the molecule is CCCCCCCCCCCCCCCC[N+](C)(C)CCSc1ccccc1.[Cl-]. The van der Waals surface area contributed by atoms with E-state index in [0.717, 1.165) is 4.48 Å². The van der Waals surface area contributed by atoms with Crippen molar-refractivity contribution >= 4 is 11.8 Å². The summed E-state index contributed by atoms with van der Waals surface area (Å²) in [7, 11) is 4.79. The predicted molar refractivity (Wildman–Crippen MR) is 129 cm³/mol. The van der Waals surface area contributed by atoms with Gasteiger partial charge in [0.05, 0.1) is 27.2 Å². The number of hydrogen-bond donors (Lipinski definition) is 0. The van der Waals surface area contributed by atoms with Crippen molar-refractivity contribution in [2.45, 2.75) is 102 Å². The summed E-state index contributed by atoms with van der Waals surface area (Å²) in [5.41, 5.74) is 0. The van der Waals surface area contributed by atoms with E-state index in [9.17, 15) is 0 Å². The molecule has 1 aromatic carbocycles. The fraction of sp³-hybridized carbons (Fsp3) is 0.769. The molecular weight excluding hydrogens is 394 g/mol. The van der Waals surface area contributed by atoms with E-state index in [1.54, 1.807) is 0 Å². The first-order valence-corrected chi connectivity index (χ1v) is 13.1. The minimum Gasteiger partial charge on any atom is -1.00 e. The van der Waals surface area contributed by atoms with Crippen LogP contribution in [0.4, 0.5) is 0 Å². The third-order valence-corrected chi connectivity index (χ3v) is 6.82. The Morgan fingerprint density at radius 3 is 1.55 bits per heavy atom. The lowest BCUT2D eigenvalue weighted by Gasteiger charge is -2.29. The lowest BCUT2D eigenvalue weighted by atomic mass is 10.0. The van der Waals surface area contributed by atoms with E-state index >= 15 is 0 Å². The maximum Gasteiger partial charge on any atom is 0.0878 e. The highest BCUT2D eigenvalue weighted by atomic mass is 35.5. The number of halogens is 1. The quantitative estimate of drug-likeness (QED) is 0.158. The van der Waals surface area contributed by atoms with Crippen LogP contribution in [-0.2, 0) is 0 Å². The first-order valence-electron chi connectivity index (χ1n) is 12.1. The van der Waals surface area contributed by atoms with Crippen LogP contribution in [0.25, 0.3) is 0 Å². The summed E-state index contributed by atoms with van der Waals surface area (Å²) in [5.74, 6) is 1.22. The molecule has 0 fully saturated rings. The molecule has 0 aliphatic rings. The second kappa shape index (κ2) is 19.8. The lowest BCUT2D eigenvalue weighted by molar-refractivity contribution is -0.888. The molecule has 0 atom stereocenters. The maximum absolute atomic E-state index is 2.40. The second-order valence-corrected chi connectivity index (χ2v) is 10.3. The molecule has 0 unspecified atom stereocenters. The van der Waals surface area contributed by atoms with Gasteiger partial charge in [0.2, 0.25) is 0 Å². The summed E-state index contributed by atoms with van der Waals surface area (Å²) in [6.07, 6.45) is 20.2. The van der Waals surface area contributed by atoms with E-state index in [1.165, 1.54) is 114 Å². The van der Waals surface area contributed by atoms with Gasteiger partial charge in [-0.15, -0.1) is 11.8 Å². The topological polar surface area (TPSA) is 0 Å². The lowest BCUT2D eigenvalue weighted by Crippen LogP contribution is -3.00. The monoisotopic (exact) mass is 441 g/mol. The number of rotatable bonds is 19. The van der Waals surface area contributed by atoms with E-state index < -0.39 is 0 Å². The predicted octanol–water partition coefficient (Wildman–Crippen LogP) is 5.34. The molecule has 0 heterocycles. The zero-order valence-corrected chi connectivity index (χ0v) is 21.2. The van der Waals surface area contributed by atoms with Crippen molar-refractivity contribution in [1.29, 1.82) is 0 Å². The van der Waals surface area contributed by atoms with Crippen LogP contribution < -0.4 is 12.4 Å². The molecule has 0 saturated carbocycles. The second-order valence-electron chi connectivity index (χ2n) is 9.14. The van der Waals surface area contributed by atoms with Gasteiger partial charge < -0.3 is 16.9 Å².